The number of rotatable bonds is 4. The minimum Gasteiger partial charge on any atom is -0.366 e. The molecule has 1 aliphatic rings. The first-order chi connectivity index (χ1) is 9.60. The van der Waals surface area contributed by atoms with Gasteiger partial charge in [0.05, 0.1) is 5.39 Å². The Morgan fingerprint density at radius 1 is 1.40 bits per heavy atom. The van der Waals surface area contributed by atoms with E-state index < -0.39 is 0 Å². The van der Waals surface area contributed by atoms with Crippen LogP contribution in [0.15, 0.2) is 11.4 Å². The van der Waals surface area contributed by atoms with Gasteiger partial charge >= 0.3 is 0 Å². The second kappa shape index (κ2) is 5.20. The van der Waals surface area contributed by atoms with E-state index in [-0.39, 0.29) is 0 Å². The summed E-state index contributed by atoms with van der Waals surface area (Å²) in [5.41, 5.74) is 0.339. The van der Waals surface area contributed by atoms with Gasteiger partial charge in [0, 0.05) is 12.6 Å². The zero-order chi connectivity index (χ0) is 14.2. The Labute approximate surface area is 124 Å². The van der Waals surface area contributed by atoms with Crippen molar-refractivity contribution >= 4 is 33.3 Å². The van der Waals surface area contributed by atoms with Crippen LogP contribution in [-0.2, 0) is 0 Å². The van der Waals surface area contributed by atoms with Gasteiger partial charge in [-0.15, -0.1) is 11.3 Å². The average Bonchev–Trinajstić information content (AvgIpc) is 2.97. The third-order valence-electron chi connectivity index (χ3n) is 4.23. The third kappa shape index (κ3) is 2.46. The van der Waals surface area contributed by atoms with E-state index in [0.717, 1.165) is 28.5 Å². The molecule has 0 aliphatic heterocycles. The van der Waals surface area contributed by atoms with Gasteiger partial charge in [0.1, 0.15) is 10.6 Å². The van der Waals surface area contributed by atoms with Crippen LogP contribution < -0.4 is 10.6 Å². The molecule has 20 heavy (non-hydrogen) atoms. The van der Waals surface area contributed by atoms with E-state index >= 15 is 0 Å². The van der Waals surface area contributed by atoms with E-state index in [4.69, 9.17) is 0 Å². The van der Waals surface area contributed by atoms with Gasteiger partial charge in [-0.2, -0.15) is 4.98 Å². The van der Waals surface area contributed by atoms with Crippen molar-refractivity contribution in [2.45, 2.75) is 46.1 Å². The highest BCUT2D eigenvalue weighted by molar-refractivity contribution is 7.16. The average molecular weight is 290 g/mol. The summed E-state index contributed by atoms with van der Waals surface area (Å²) in [6, 6.07) is 2.61. The summed E-state index contributed by atoms with van der Waals surface area (Å²) in [7, 11) is 0. The number of hydrogen-bond donors (Lipinski definition) is 2. The summed E-state index contributed by atoms with van der Waals surface area (Å²) < 4.78 is 0. The molecule has 0 radical (unpaired) electrons. The highest BCUT2D eigenvalue weighted by atomic mass is 32.1. The van der Waals surface area contributed by atoms with Crippen LogP contribution in [0, 0.1) is 5.41 Å². The van der Waals surface area contributed by atoms with Crippen LogP contribution in [-0.4, -0.2) is 22.6 Å². The molecule has 1 fully saturated rings. The number of anilines is 2. The highest BCUT2D eigenvalue weighted by Gasteiger charge is 2.34. The lowest BCUT2D eigenvalue weighted by Crippen LogP contribution is -2.31. The van der Waals surface area contributed by atoms with Crippen molar-refractivity contribution in [2.24, 2.45) is 5.41 Å². The molecule has 1 atom stereocenters. The van der Waals surface area contributed by atoms with Crippen molar-refractivity contribution in [1.29, 1.82) is 0 Å². The standard InChI is InChI=1S/C15H22N4S/c1-4-16-14-18-12(10-7-9-20-13(10)19-14)17-11-6-5-8-15(11,2)3/h7,9,11H,4-6,8H2,1-3H3,(H2,16,17,18,19). The Morgan fingerprint density at radius 2 is 2.25 bits per heavy atom. The summed E-state index contributed by atoms with van der Waals surface area (Å²) in [6.07, 6.45) is 3.80. The van der Waals surface area contributed by atoms with Crippen molar-refractivity contribution in [3.8, 4) is 0 Å². The molecule has 2 aromatic rings. The van der Waals surface area contributed by atoms with Crippen LogP contribution in [0.2, 0.25) is 0 Å². The van der Waals surface area contributed by atoms with E-state index in [0.29, 0.717) is 11.5 Å². The predicted molar refractivity (Wildman–Crippen MR) is 86.6 cm³/mol. The molecule has 3 rings (SSSR count). The summed E-state index contributed by atoms with van der Waals surface area (Å²) in [5, 5.41) is 10.1. The number of thiophene rings is 1. The second-order valence-electron chi connectivity index (χ2n) is 6.14. The van der Waals surface area contributed by atoms with E-state index in [9.17, 15) is 0 Å². The lowest BCUT2D eigenvalue weighted by molar-refractivity contribution is 0.349. The molecule has 1 aliphatic carbocycles. The Morgan fingerprint density at radius 3 is 2.95 bits per heavy atom. The number of fused-ring (bicyclic) bond motifs is 1. The molecule has 2 heterocycles. The molecule has 108 valence electrons. The van der Waals surface area contributed by atoms with Gasteiger partial charge in [0.25, 0.3) is 0 Å². The molecule has 0 bridgehead atoms. The van der Waals surface area contributed by atoms with Crippen LogP contribution in [0.1, 0.15) is 40.0 Å². The fourth-order valence-corrected chi connectivity index (χ4v) is 3.73. The maximum atomic E-state index is 4.67. The van der Waals surface area contributed by atoms with Gasteiger partial charge in [-0.05, 0) is 36.6 Å². The van der Waals surface area contributed by atoms with Crippen molar-refractivity contribution in [3.63, 3.8) is 0 Å². The number of nitrogens with one attached hydrogen (secondary N) is 2. The summed E-state index contributed by atoms with van der Waals surface area (Å²) in [4.78, 5) is 10.3. The minimum absolute atomic E-state index is 0.339. The Balaban J connectivity index is 1.95. The Kier molecular flexibility index (Phi) is 3.54. The maximum Gasteiger partial charge on any atom is 0.226 e. The van der Waals surface area contributed by atoms with Crippen molar-refractivity contribution < 1.29 is 0 Å². The largest absolute Gasteiger partial charge is 0.366 e. The summed E-state index contributed by atoms with van der Waals surface area (Å²) in [6.45, 7) is 7.59. The van der Waals surface area contributed by atoms with E-state index in [1.807, 2.05) is 0 Å². The van der Waals surface area contributed by atoms with Gasteiger partial charge in [-0.1, -0.05) is 20.3 Å². The quantitative estimate of drug-likeness (QED) is 0.889. The molecule has 0 amide bonds. The van der Waals surface area contributed by atoms with Crippen molar-refractivity contribution in [2.75, 3.05) is 17.2 Å². The lowest BCUT2D eigenvalue weighted by atomic mass is 9.87. The molecular weight excluding hydrogens is 268 g/mol. The molecule has 1 unspecified atom stereocenters. The topological polar surface area (TPSA) is 49.8 Å². The zero-order valence-corrected chi connectivity index (χ0v) is 13.2. The second-order valence-corrected chi connectivity index (χ2v) is 7.04. The molecule has 0 spiro atoms. The minimum atomic E-state index is 0.339. The van der Waals surface area contributed by atoms with Crippen LogP contribution in [0.3, 0.4) is 0 Å². The van der Waals surface area contributed by atoms with E-state index in [1.54, 1.807) is 11.3 Å². The normalized spacial score (nSPS) is 21.2. The van der Waals surface area contributed by atoms with E-state index in [2.05, 4.69) is 52.8 Å². The summed E-state index contributed by atoms with van der Waals surface area (Å²) >= 11 is 1.67. The van der Waals surface area contributed by atoms with Gasteiger partial charge in [0.2, 0.25) is 5.95 Å². The third-order valence-corrected chi connectivity index (χ3v) is 5.03. The molecule has 0 saturated heterocycles. The molecular formula is C15H22N4S. The van der Waals surface area contributed by atoms with Gasteiger partial charge in [0.15, 0.2) is 0 Å². The van der Waals surface area contributed by atoms with Crippen LogP contribution >= 0.6 is 11.3 Å². The van der Waals surface area contributed by atoms with E-state index in [1.165, 1.54) is 19.3 Å². The number of nitrogens with zero attached hydrogens (tertiary/aromatic N) is 2. The molecule has 4 nitrogen and oxygen atoms in total. The van der Waals surface area contributed by atoms with Crippen molar-refractivity contribution in [3.05, 3.63) is 11.4 Å². The summed E-state index contributed by atoms with van der Waals surface area (Å²) in [5.74, 6) is 1.70. The SMILES string of the molecule is CCNc1nc(NC2CCCC2(C)C)c2ccsc2n1. The molecule has 2 N–H and O–H groups in total. The van der Waals surface area contributed by atoms with Crippen molar-refractivity contribution in [1.82, 2.24) is 9.97 Å². The first-order valence-electron chi connectivity index (χ1n) is 7.36. The number of hydrogen-bond acceptors (Lipinski definition) is 5. The smallest absolute Gasteiger partial charge is 0.226 e. The monoisotopic (exact) mass is 290 g/mol. The molecule has 0 aromatic carbocycles. The van der Waals surface area contributed by atoms with Gasteiger partial charge < -0.3 is 10.6 Å². The molecule has 2 aromatic heterocycles. The predicted octanol–water partition coefficient (Wildman–Crippen LogP) is 4.11. The zero-order valence-electron chi connectivity index (χ0n) is 12.4. The highest BCUT2D eigenvalue weighted by Crippen LogP contribution is 2.40. The van der Waals surface area contributed by atoms with Crippen LogP contribution in [0.5, 0.6) is 0 Å². The van der Waals surface area contributed by atoms with Crippen LogP contribution in [0.25, 0.3) is 10.2 Å². The Bertz CT molecular complexity index is 605. The fourth-order valence-electron chi connectivity index (χ4n) is 2.96. The maximum absolute atomic E-state index is 4.67. The number of aromatic nitrogens is 2. The molecule has 1 saturated carbocycles. The fraction of sp³-hybridized carbons (Fsp3) is 0.600. The Hall–Kier alpha value is -1.36. The van der Waals surface area contributed by atoms with Crippen LogP contribution in [0.4, 0.5) is 11.8 Å². The van der Waals surface area contributed by atoms with Gasteiger partial charge in [-0.25, -0.2) is 4.98 Å². The molecule has 5 heteroatoms. The first kappa shape index (κ1) is 13.6. The van der Waals surface area contributed by atoms with Gasteiger partial charge in [-0.3, -0.25) is 0 Å². The first-order valence-corrected chi connectivity index (χ1v) is 8.24. The lowest BCUT2D eigenvalue weighted by Gasteiger charge is -2.28.